The molecule has 1 atom stereocenters. The van der Waals surface area contributed by atoms with Crippen molar-refractivity contribution in [3.05, 3.63) is 100 Å². The molecule has 0 radical (unpaired) electrons. The predicted molar refractivity (Wildman–Crippen MR) is 143 cm³/mol. The number of nitrogens with one attached hydrogen (secondary N) is 1. The number of nitrogens with two attached hydrogens (primary N) is 1. The molecule has 1 aromatic heterocycles. The van der Waals surface area contributed by atoms with Crippen molar-refractivity contribution in [3.8, 4) is 5.75 Å². The van der Waals surface area contributed by atoms with Crippen molar-refractivity contribution in [2.24, 2.45) is 5.73 Å². The second-order valence-corrected chi connectivity index (χ2v) is 10.6. The quantitative estimate of drug-likeness (QED) is 0.175. The lowest BCUT2D eigenvalue weighted by molar-refractivity contribution is -0.137. The van der Waals surface area contributed by atoms with Gasteiger partial charge in [0.1, 0.15) is 23.3 Å². The first-order chi connectivity index (χ1) is 18.8. The van der Waals surface area contributed by atoms with Gasteiger partial charge in [-0.3, -0.25) is 19.6 Å². The predicted octanol–water partition coefficient (Wildman–Crippen LogP) is 4.94. The zero-order chi connectivity index (χ0) is 29.1. The number of hydrogen-bond acceptors (Lipinski definition) is 6. The van der Waals surface area contributed by atoms with Crippen LogP contribution in [-0.2, 0) is 27.5 Å². The van der Waals surface area contributed by atoms with Crippen LogP contribution < -0.4 is 15.8 Å². The minimum atomic E-state index is -4.53. The summed E-state index contributed by atoms with van der Waals surface area (Å²) >= 11 is 6.12. The van der Waals surface area contributed by atoms with Gasteiger partial charge in [0, 0.05) is 35.0 Å². The van der Waals surface area contributed by atoms with Gasteiger partial charge in [-0.1, -0.05) is 41.9 Å². The van der Waals surface area contributed by atoms with E-state index in [2.05, 4.69) is 10.3 Å². The molecule has 1 amide bonds. The van der Waals surface area contributed by atoms with E-state index in [0.29, 0.717) is 27.3 Å². The number of halogens is 4. The summed E-state index contributed by atoms with van der Waals surface area (Å²) in [5.74, 6) is -0.394. The first kappa shape index (κ1) is 29.3. The number of primary amides is 1. The van der Waals surface area contributed by atoms with Crippen LogP contribution in [0.15, 0.2) is 77.8 Å². The number of rotatable bonds is 10. The summed E-state index contributed by atoms with van der Waals surface area (Å²) in [5.41, 5.74) is 5.98. The molecule has 0 aliphatic carbocycles. The number of carbonyl (C=O) groups is 1. The van der Waals surface area contributed by atoms with Crippen LogP contribution in [0.4, 0.5) is 13.2 Å². The van der Waals surface area contributed by atoms with Gasteiger partial charge in [0.05, 0.1) is 11.3 Å². The number of nitrogens with zero attached hydrogens (tertiary/aromatic N) is 1. The molecule has 210 valence electrons. The highest BCUT2D eigenvalue weighted by atomic mass is 35.5. The van der Waals surface area contributed by atoms with Crippen LogP contribution in [0.5, 0.6) is 5.75 Å². The third kappa shape index (κ3) is 6.89. The molecule has 0 spiro atoms. The van der Waals surface area contributed by atoms with E-state index in [0.717, 1.165) is 12.1 Å². The number of hydrogen-bond donors (Lipinski definition) is 3. The van der Waals surface area contributed by atoms with Crippen molar-refractivity contribution in [3.63, 3.8) is 0 Å². The van der Waals surface area contributed by atoms with E-state index >= 15 is 0 Å². The first-order valence-corrected chi connectivity index (χ1v) is 13.6. The molecular formula is C27H23ClF3N3O5S. The maximum Gasteiger partial charge on any atom is 0.416 e. The van der Waals surface area contributed by atoms with Crippen molar-refractivity contribution in [2.45, 2.75) is 23.5 Å². The smallest absolute Gasteiger partial charge is 0.416 e. The van der Waals surface area contributed by atoms with Gasteiger partial charge in [-0.05, 0) is 47.5 Å². The molecule has 0 saturated carbocycles. The Morgan fingerprint density at radius 3 is 2.52 bits per heavy atom. The Morgan fingerprint density at radius 2 is 1.82 bits per heavy atom. The number of benzene rings is 3. The molecule has 0 aliphatic rings. The lowest BCUT2D eigenvalue weighted by Crippen LogP contribution is -2.36. The van der Waals surface area contributed by atoms with Crippen LogP contribution in [0.25, 0.3) is 10.8 Å². The molecule has 8 nitrogen and oxygen atoms in total. The van der Waals surface area contributed by atoms with Crippen molar-refractivity contribution < 1.29 is 35.7 Å². The summed E-state index contributed by atoms with van der Waals surface area (Å²) in [6, 6.07) is 14.2. The summed E-state index contributed by atoms with van der Waals surface area (Å²) in [7, 11) is -4.53. The maximum absolute atomic E-state index is 13.1. The maximum atomic E-state index is 13.1. The number of aromatic nitrogens is 1. The summed E-state index contributed by atoms with van der Waals surface area (Å²) in [4.78, 5) is 16.2. The minimum absolute atomic E-state index is 0.0298. The second-order valence-electron chi connectivity index (χ2n) is 8.79. The minimum Gasteiger partial charge on any atom is -0.492 e. The Bertz CT molecular complexity index is 1670. The highest BCUT2D eigenvalue weighted by Gasteiger charge is 2.30. The number of fused-ring (bicyclic) bond motifs is 1. The highest BCUT2D eigenvalue weighted by molar-refractivity contribution is 7.86. The van der Waals surface area contributed by atoms with Gasteiger partial charge in [0.2, 0.25) is 5.91 Å². The molecule has 1 unspecified atom stereocenters. The molecule has 40 heavy (non-hydrogen) atoms. The first-order valence-electron chi connectivity index (χ1n) is 11.8. The van der Waals surface area contributed by atoms with Crippen molar-refractivity contribution in [2.75, 3.05) is 13.2 Å². The van der Waals surface area contributed by atoms with E-state index in [-0.39, 0.29) is 35.5 Å². The number of ether oxygens (including phenoxy) is 1. The molecule has 3 aromatic carbocycles. The largest absolute Gasteiger partial charge is 0.492 e. The summed E-state index contributed by atoms with van der Waals surface area (Å²) in [6.45, 7) is 0.122. The molecule has 0 fully saturated rings. The van der Waals surface area contributed by atoms with Gasteiger partial charge in [0.15, 0.2) is 0 Å². The third-order valence-corrected chi connectivity index (χ3v) is 7.16. The van der Waals surface area contributed by atoms with Gasteiger partial charge in [-0.15, -0.1) is 0 Å². The van der Waals surface area contributed by atoms with Crippen LogP contribution in [-0.4, -0.2) is 37.0 Å². The fourth-order valence-corrected chi connectivity index (χ4v) is 5.16. The zero-order valence-electron chi connectivity index (χ0n) is 20.7. The number of alkyl halides is 3. The molecule has 13 heteroatoms. The zero-order valence-corrected chi connectivity index (χ0v) is 22.2. The fourth-order valence-electron chi connectivity index (χ4n) is 4.26. The fraction of sp³-hybridized carbons (Fsp3) is 0.185. The molecule has 0 bridgehead atoms. The molecule has 0 aliphatic heterocycles. The van der Waals surface area contributed by atoms with E-state index < -0.39 is 33.8 Å². The van der Waals surface area contributed by atoms with Gasteiger partial charge in [-0.25, -0.2) is 0 Å². The van der Waals surface area contributed by atoms with Crippen molar-refractivity contribution in [1.29, 1.82) is 0 Å². The van der Waals surface area contributed by atoms with Crippen LogP contribution in [0.2, 0.25) is 5.02 Å². The van der Waals surface area contributed by atoms with Crippen molar-refractivity contribution >= 4 is 38.4 Å². The number of pyridine rings is 1. The van der Waals surface area contributed by atoms with Gasteiger partial charge in [0.25, 0.3) is 10.1 Å². The van der Waals surface area contributed by atoms with E-state index in [1.165, 1.54) is 30.5 Å². The summed E-state index contributed by atoms with van der Waals surface area (Å²) in [6.07, 6.45) is -3.04. The van der Waals surface area contributed by atoms with Crippen LogP contribution in [0, 0.1) is 0 Å². The van der Waals surface area contributed by atoms with Crippen LogP contribution in [0.3, 0.4) is 0 Å². The highest BCUT2D eigenvalue weighted by Crippen LogP contribution is 2.32. The van der Waals surface area contributed by atoms with Crippen molar-refractivity contribution in [1.82, 2.24) is 10.3 Å². The Morgan fingerprint density at radius 1 is 1.07 bits per heavy atom. The van der Waals surface area contributed by atoms with Gasteiger partial charge >= 0.3 is 6.18 Å². The molecule has 4 aromatic rings. The lowest BCUT2D eigenvalue weighted by Gasteiger charge is -2.18. The lowest BCUT2D eigenvalue weighted by atomic mass is 10.0. The SMILES string of the molecule is NC(=O)C(NCCOc1ccc(Cl)cc1Cc1cccc(C(F)(F)F)c1)c1nccc2c(S(=O)(=O)O)cccc12. The number of carbonyl (C=O) groups excluding carboxylic acids is 1. The normalized spacial score (nSPS) is 12.8. The molecule has 4 rings (SSSR count). The second kappa shape index (κ2) is 11.8. The number of amides is 1. The summed E-state index contributed by atoms with van der Waals surface area (Å²) in [5, 5.41) is 3.79. The monoisotopic (exact) mass is 593 g/mol. The van der Waals surface area contributed by atoms with Crippen LogP contribution >= 0.6 is 11.6 Å². The van der Waals surface area contributed by atoms with E-state index in [4.69, 9.17) is 22.1 Å². The Kier molecular flexibility index (Phi) is 8.64. The average molecular weight is 594 g/mol. The molecular weight excluding hydrogens is 571 g/mol. The van der Waals surface area contributed by atoms with E-state index in [9.17, 15) is 30.9 Å². The molecule has 4 N–H and O–H groups in total. The Labute approximate surface area is 232 Å². The third-order valence-electron chi connectivity index (χ3n) is 6.01. The standard InChI is InChI=1S/C27H23ClF3N3O5S/c28-19-7-8-22(17(15-19)13-16-3-1-4-18(14-16)27(29,30)31)39-12-11-34-25(26(32)35)24-21-5-2-6-23(40(36,37)38)20(21)9-10-33-24/h1-10,14-15,25,34H,11-13H2,(H2,32,35)(H,36,37,38). The van der Waals surface area contributed by atoms with Gasteiger partial charge < -0.3 is 10.5 Å². The van der Waals surface area contributed by atoms with E-state index in [1.807, 2.05) is 0 Å². The Balaban J connectivity index is 1.50. The summed E-state index contributed by atoms with van der Waals surface area (Å²) < 4.78 is 78.4. The van der Waals surface area contributed by atoms with E-state index in [1.54, 1.807) is 30.3 Å². The van der Waals surface area contributed by atoms with Gasteiger partial charge in [-0.2, -0.15) is 21.6 Å². The molecule has 0 saturated heterocycles. The average Bonchev–Trinajstić information content (AvgIpc) is 2.88. The molecule has 1 heterocycles. The van der Waals surface area contributed by atoms with Crippen LogP contribution in [0.1, 0.15) is 28.4 Å². The Hall–Kier alpha value is -3.71. The topological polar surface area (TPSA) is 132 Å².